The highest BCUT2D eigenvalue weighted by Crippen LogP contribution is 2.43. The topological polar surface area (TPSA) is 195 Å². The van der Waals surface area contributed by atoms with Crippen molar-refractivity contribution in [2.24, 2.45) is 0 Å². The van der Waals surface area contributed by atoms with Gasteiger partial charge in [0.15, 0.2) is 6.10 Å². The minimum Gasteiger partial charge on any atom is -0.462 e. The average molecular weight is 905 g/mol. The number of esters is 2. The fraction of sp³-hybridized carbons (Fsp3) is 0.739. The number of hydrogen-bond donors (Lipinski definition) is 4. The van der Waals surface area contributed by atoms with E-state index in [2.05, 4.69) is 65.4 Å². The summed E-state index contributed by atoms with van der Waals surface area (Å²) in [6.45, 7) is 1.66. The van der Waals surface area contributed by atoms with Gasteiger partial charge in [0.25, 0.3) is 0 Å². The van der Waals surface area contributed by atoms with E-state index >= 15 is 0 Å². The highest BCUT2D eigenvalue weighted by molar-refractivity contribution is 7.47. The molecule has 0 aromatic carbocycles. The smallest absolute Gasteiger partial charge is 0.462 e. The first-order valence-corrected chi connectivity index (χ1v) is 26.0. The van der Waals surface area contributed by atoms with Crippen molar-refractivity contribution in [3.8, 4) is 0 Å². The Morgan fingerprint density at radius 3 is 1.38 bits per heavy atom. The zero-order chi connectivity index (χ0) is 45.1. The van der Waals surface area contributed by atoms with Gasteiger partial charge in [0.1, 0.15) is 12.7 Å². The van der Waals surface area contributed by atoms with E-state index in [0.717, 1.165) is 44.9 Å². The summed E-state index contributed by atoms with van der Waals surface area (Å²) in [5, 5.41) is 9.75. The summed E-state index contributed by atoms with van der Waals surface area (Å²) in [7, 11) is -9.70. The summed E-state index contributed by atoms with van der Waals surface area (Å²) in [6.07, 6.45) is 45.1. The highest BCUT2D eigenvalue weighted by atomic mass is 31.2. The number of rotatable bonds is 43. The molecule has 0 fully saturated rings. The number of hydrogen-bond acceptors (Lipinski definition) is 10. The quantitative estimate of drug-likeness (QED) is 0.0195. The SMILES string of the molecule is CCCCC/C=C\C/C=C\C/C=C\C/C=C\C/C=C\CCC(=O)O[C@H](COC(=O)CCCCCCCCCCCCCCCCC)COP(=O)(O)OC[C@@H](O)COP(=O)(O)O. The van der Waals surface area contributed by atoms with Gasteiger partial charge in [-0.05, 0) is 51.4 Å². The summed E-state index contributed by atoms with van der Waals surface area (Å²) in [5.41, 5.74) is 0. The minimum absolute atomic E-state index is 0.00768. The molecule has 0 aliphatic heterocycles. The Kier molecular flexibility index (Phi) is 40.3. The van der Waals surface area contributed by atoms with Crippen LogP contribution in [0.15, 0.2) is 60.8 Å². The maximum atomic E-state index is 12.6. The van der Waals surface area contributed by atoms with Crippen LogP contribution in [0.1, 0.15) is 181 Å². The molecule has 15 heteroatoms. The monoisotopic (exact) mass is 905 g/mol. The van der Waals surface area contributed by atoms with Gasteiger partial charge >= 0.3 is 27.6 Å². The van der Waals surface area contributed by atoms with Crippen molar-refractivity contribution < 1.29 is 61.6 Å². The standard InChI is InChI=1S/C46H82O13P2/c1-3-5-7-9-11-13-15-17-19-20-21-22-24-26-28-30-32-34-36-38-46(49)59-44(42-58-61(53,54)57-40-43(47)39-56-60(50,51)52)41-55-45(48)37-35-33-31-29-27-25-23-18-16-14-12-10-8-6-4-2/h11,13,17,19,21-22,26,28,32,34,43-44,47H,3-10,12,14-16,18,20,23-25,27,29-31,33,35-42H2,1-2H3,(H,53,54)(H2,50,51,52)/b13-11-,19-17-,22-21-,28-26-,34-32-/t43-,44+/m0/s1. The lowest BCUT2D eigenvalue weighted by Gasteiger charge is -2.20. The summed E-state index contributed by atoms with van der Waals surface area (Å²) in [6, 6.07) is 0. The minimum atomic E-state index is -4.87. The Hall–Kier alpha value is -2.18. The van der Waals surface area contributed by atoms with Crippen LogP contribution in [0.2, 0.25) is 0 Å². The molecule has 354 valence electrons. The van der Waals surface area contributed by atoms with Crippen LogP contribution in [-0.2, 0) is 41.8 Å². The number of aliphatic hydroxyl groups excluding tert-OH is 1. The van der Waals surface area contributed by atoms with Gasteiger partial charge < -0.3 is 29.3 Å². The Labute approximate surface area is 368 Å². The van der Waals surface area contributed by atoms with Crippen molar-refractivity contribution in [1.29, 1.82) is 0 Å². The number of phosphoric ester groups is 2. The molecular formula is C46H82O13P2. The van der Waals surface area contributed by atoms with Gasteiger partial charge in [0.2, 0.25) is 0 Å². The van der Waals surface area contributed by atoms with Crippen LogP contribution in [0.5, 0.6) is 0 Å². The second kappa shape index (κ2) is 41.8. The molecular weight excluding hydrogens is 822 g/mol. The summed E-state index contributed by atoms with van der Waals surface area (Å²) in [5.74, 6) is -1.12. The van der Waals surface area contributed by atoms with Crippen molar-refractivity contribution in [3.05, 3.63) is 60.8 Å². The van der Waals surface area contributed by atoms with E-state index in [1.165, 1.54) is 89.9 Å². The van der Waals surface area contributed by atoms with Crippen molar-refractivity contribution in [3.63, 3.8) is 0 Å². The predicted octanol–water partition coefficient (Wildman–Crippen LogP) is 12.0. The molecule has 0 radical (unpaired) electrons. The number of aliphatic hydroxyl groups is 1. The van der Waals surface area contributed by atoms with E-state index in [-0.39, 0.29) is 12.8 Å². The van der Waals surface area contributed by atoms with Crippen molar-refractivity contribution in [2.45, 2.75) is 193 Å². The zero-order valence-corrected chi connectivity index (χ0v) is 39.3. The van der Waals surface area contributed by atoms with Crippen LogP contribution in [0, 0.1) is 0 Å². The molecule has 4 N–H and O–H groups in total. The molecule has 0 aliphatic carbocycles. The second-order valence-corrected chi connectivity index (χ2v) is 18.0. The normalized spacial score (nSPS) is 14.5. The van der Waals surface area contributed by atoms with Crippen LogP contribution in [0.25, 0.3) is 0 Å². The summed E-state index contributed by atoms with van der Waals surface area (Å²) in [4.78, 5) is 52.7. The van der Waals surface area contributed by atoms with Gasteiger partial charge in [-0.25, -0.2) is 9.13 Å². The molecule has 1 unspecified atom stereocenters. The zero-order valence-electron chi connectivity index (χ0n) is 37.5. The molecule has 0 saturated heterocycles. The largest absolute Gasteiger partial charge is 0.472 e. The van der Waals surface area contributed by atoms with Crippen LogP contribution in [0.3, 0.4) is 0 Å². The molecule has 0 amide bonds. The summed E-state index contributed by atoms with van der Waals surface area (Å²) >= 11 is 0. The molecule has 0 saturated carbocycles. The number of allylic oxidation sites excluding steroid dienone is 10. The molecule has 61 heavy (non-hydrogen) atoms. The Morgan fingerprint density at radius 2 is 0.885 bits per heavy atom. The average Bonchev–Trinajstić information content (AvgIpc) is 3.22. The number of unbranched alkanes of at least 4 members (excludes halogenated alkanes) is 17. The van der Waals surface area contributed by atoms with Crippen LogP contribution < -0.4 is 0 Å². The highest BCUT2D eigenvalue weighted by Gasteiger charge is 2.28. The van der Waals surface area contributed by atoms with Crippen molar-refractivity contribution >= 4 is 27.6 Å². The fourth-order valence-corrected chi connectivity index (χ4v) is 7.07. The molecule has 0 heterocycles. The first-order valence-electron chi connectivity index (χ1n) is 23.0. The van der Waals surface area contributed by atoms with Gasteiger partial charge in [-0.15, -0.1) is 0 Å². The van der Waals surface area contributed by atoms with Gasteiger partial charge in [-0.2, -0.15) is 0 Å². The molecule has 3 atom stereocenters. The van der Waals surface area contributed by atoms with Crippen molar-refractivity contribution in [2.75, 3.05) is 26.4 Å². The number of carbonyl (C=O) groups is 2. The first kappa shape index (κ1) is 58.8. The van der Waals surface area contributed by atoms with E-state index in [1.54, 1.807) is 0 Å². The van der Waals surface area contributed by atoms with Crippen LogP contribution in [-0.4, -0.2) is 70.4 Å². The predicted molar refractivity (Wildman–Crippen MR) is 244 cm³/mol. The summed E-state index contributed by atoms with van der Waals surface area (Å²) < 4.78 is 47.7. The van der Waals surface area contributed by atoms with Crippen molar-refractivity contribution in [1.82, 2.24) is 0 Å². The van der Waals surface area contributed by atoms with E-state index in [4.69, 9.17) is 23.8 Å². The van der Waals surface area contributed by atoms with Gasteiger partial charge in [-0.3, -0.25) is 23.2 Å². The number of phosphoric acid groups is 2. The van der Waals surface area contributed by atoms with Crippen LogP contribution >= 0.6 is 15.6 Å². The Bertz CT molecular complexity index is 1310. The fourth-order valence-electron chi connectivity index (χ4n) is 5.92. The van der Waals surface area contributed by atoms with E-state index in [0.29, 0.717) is 19.3 Å². The molecule has 0 rings (SSSR count). The van der Waals surface area contributed by atoms with E-state index in [1.807, 2.05) is 18.2 Å². The van der Waals surface area contributed by atoms with Gasteiger partial charge in [-0.1, -0.05) is 177 Å². The van der Waals surface area contributed by atoms with Gasteiger partial charge in [0.05, 0.1) is 19.8 Å². The van der Waals surface area contributed by atoms with Gasteiger partial charge in [0, 0.05) is 12.8 Å². The Balaban J connectivity index is 4.61. The first-order chi connectivity index (χ1) is 29.4. The molecule has 0 spiro atoms. The molecule has 0 aliphatic rings. The lowest BCUT2D eigenvalue weighted by atomic mass is 10.0. The third-order valence-corrected chi connectivity index (χ3v) is 10.8. The van der Waals surface area contributed by atoms with Crippen LogP contribution in [0.4, 0.5) is 0 Å². The van der Waals surface area contributed by atoms with E-state index in [9.17, 15) is 28.7 Å². The third-order valence-electron chi connectivity index (χ3n) is 9.41. The lowest BCUT2D eigenvalue weighted by Crippen LogP contribution is -2.29. The maximum absolute atomic E-state index is 12.6. The number of carbonyl (C=O) groups excluding carboxylic acids is 2. The molecule has 0 aromatic rings. The lowest BCUT2D eigenvalue weighted by molar-refractivity contribution is -0.161. The number of ether oxygens (including phenoxy) is 2. The second-order valence-electron chi connectivity index (χ2n) is 15.3. The Morgan fingerprint density at radius 1 is 0.475 bits per heavy atom. The third kappa shape index (κ3) is 45.7. The maximum Gasteiger partial charge on any atom is 0.472 e. The molecule has 0 aromatic heterocycles. The molecule has 13 nitrogen and oxygen atoms in total. The van der Waals surface area contributed by atoms with E-state index < -0.39 is 66.2 Å². The molecule has 0 bridgehead atoms.